The Balaban J connectivity index is 1.70. The second-order valence-corrected chi connectivity index (χ2v) is 6.21. The third-order valence-electron chi connectivity index (χ3n) is 3.70. The molecule has 108 valence electrons. The Morgan fingerprint density at radius 1 is 1.19 bits per heavy atom. The Morgan fingerprint density at radius 2 is 2.00 bits per heavy atom. The average Bonchev–Trinajstić information content (AvgIpc) is 3.19. The van der Waals surface area contributed by atoms with E-state index in [1.807, 2.05) is 40.4 Å². The lowest BCUT2D eigenvalue weighted by atomic mass is 10.2. The van der Waals surface area contributed by atoms with E-state index in [1.54, 1.807) is 0 Å². The summed E-state index contributed by atoms with van der Waals surface area (Å²) in [4.78, 5) is 3.74. The summed E-state index contributed by atoms with van der Waals surface area (Å²) in [5.41, 5.74) is 2.32. The van der Waals surface area contributed by atoms with Crippen LogP contribution in [0.4, 0.5) is 0 Å². The monoisotopic (exact) mass is 297 g/mol. The van der Waals surface area contributed by atoms with Crippen LogP contribution in [-0.4, -0.2) is 21.7 Å². The van der Waals surface area contributed by atoms with Gasteiger partial charge in [-0.2, -0.15) is 5.10 Å². The summed E-state index contributed by atoms with van der Waals surface area (Å²) in [6.07, 6.45) is 4.05. The second kappa shape index (κ2) is 6.24. The van der Waals surface area contributed by atoms with Gasteiger partial charge in [-0.15, -0.1) is 11.3 Å². The van der Waals surface area contributed by atoms with Gasteiger partial charge in [-0.3, -0.25) is 4.90 Å². The molecule has 0 fully saturated rings. The SMILES string of the molecule is CC(c1cccs1)N(C)Cc1cnn(-c2ccccc2)c1. The van der Waals surface area contributed by atoms with Crippen LogP contribution >= 0.6 is 11.3 Å². The maximum atomic E-state index is 4.45. The van der Waals surface area contributed by atoms with Crippen molar-refractivity contribution >= 4 is 11.3 Å². The minimum atomic E-state index is 0.421. The lowest BCUT2D eigenvalue weighted by Crippen LogP contribution is -2.20. The van der Waals surface area contributed by atoms with Crippen molar-refractivity contribution in [3.8, 4) is 5.69 Å². The third kappa shape index (κ3) is 3.23. The molecule has 0 saturated carbocycles. The highest BCUT2D eigenvalue weighted by Crippen LogP contribution is 2.24. The van der Waals surface area contributed by atoms with Crippen molar-refractivity contribution < 1.29 is 0 Å². The second-order valence-electron chi connectivity index (χ2n) is 5.24. The van der Waals surface area contributed by atoms with Gasteiger partial charge in [0.1, 0.15) is 0 Å². The van der Waals surface area contributed by atoms with Gasteiger partial charge in [-0.05, 0) is 37.6 Å². The lowest BCUT2D eigenvalue weighted by molar-refractivity contribution is 0.256. The van der Waals surface area contributed by atoms with Gasteiger partial charge < -0.3 is 0 Å². The molecule has 3 aromatic rings. The number of hydrogen-bond donors (Lipinski definition) is 0. The van der Waals surface area contributed by atoms with Gasteiger partial charge in [0.15, 0.2) is 0 Å². The van der Waals surface area contributed by atoms with Crippen LogP contribution in [0, 0.1) is 0 Å². The van der Waals surface area contributed by atoms with Crippen LogP contribution in [0.15, 0.2) is 60.2 Å². The van der Waals surface area contributed by atoms with Crippen LogP contribution < -0.4 is 0 Å². The molecule has 1 atom stereocenters. The first kappa shape index (κ1) is 14.0. The van der Waals surface area contributed by atoms with Crippen molar-refractivity contribution in [2.45, 2.75) is 19.5 Å². The van der Waals surface area contributed by atoms with Crippen LogP contribution in [0.25, 0.3) is 5.69 Å². The molecule has 0 aliphatic carbocycles. The van der Waals surface area contributed by atoms with Crippen molar-refractivity contribution in [1.29, 1.82) is 0 Å². The van der Waals surface area contributed by atoms with Gasteiger partial charge in [0, 0.05) is 29.2 Å². The topological polar surface area (TPSA) is 21.1 Å². The number of benzene rings is 1. The van der Waals surface area contributed by atoms with E-state index in [4.69, 9.17) is 0 Å². The molecular weight excluding hydrogens is 278 g/mol. The number of rotatable bonds is 5. The highest BCUT2D eigenvalue weighted by atomic mass is 32.1. The summed E-state index contributed by atoms with van der Waals surface area (Å²) in [5, 5.41) is 6.59. The number of para-hydroxylation sites is 1. The number of hydrogen-bond acceptors (Lipinski definition) is 3. The Morgan fingerprint density at radius 3 is 2.71 bits per heavy atom. The number of thiophene rings is 1. The minimum Gasteiger partial charge on any atom is -0.294 e. The van der Waals surface area contributed by atoms with Crippen LogP contribution in [0.1, 0.15) is 23.4 Å². The fourth-order valence-corrected chi connectivity index (χ4v) is 3.18. The highest BCUT2D eigenvalue weighted by molar-refractivity contribution is 7.10. The first-order valence-corrected chi connectivity index (χ1v) is 7.94. The quantitative estimate of drug-likeness (QED) is 0.706. The molecule has 0 aliphatic heterocycles. The molecule has 0 radical (unpaired) electrons. The predicted octanol–water partition coefficient (Wildman–Crippen LogP) is 4.13. The Bertz CT molecular complexity index is 673. The predicted molar refractivity (Wildman–Crippen MR) is 87.8 cm³/mol. The molecule has 0 N–H and O–H groups in total. The maximum Gasteiger partial charge on any atom is 0.0645 e. The third-order valence-corrected chi connectivity index (χ3v) is 4.75. The Hall–Kier alpha value is -1.91. The fraction of sp³-hybridized carbons (Fsp3) is 0.235. The maximum absolute atomic E-state index is 4.45. The molecule has 0 amide bonds. The highest BCUT2D eigenvalue weighted by Gasteiger charge is 2.13. The van der Waals surface area contributed by atoms with Crippen molar-refractivity contribution in [1.82, 2.24) is 14.7 Å². The average molecular weight is 297 g/mol. The number of nitrogens with zero attached hydrogens (tertiary/aromatic N) is 3. The van der Waals surface area contributed by atoms with Crippen molar-refractivity contribution in [2.24, 2.45) is 0 Å². The van der Waals surface area contributed by atoms with E-state index in [-0.39, 0.29) is 0 Å². The van der Waals surface area contributed by atoms with Crippen LogP contribution in [-0.2, 0) is 6.54 Å². The van der Waals surface area contributed by atoms with Gasteiger partial charge in [0.2, 0.25) is 0 Å². The van der Waals surface area contributed by atoms with Crippen molar-refractivity contribution in [2.75, 3.05) is 7.05 Å². The van der Waals surface area contributed by atoms with Crippen LogP contribution in [0.5, 0.6) is 0 Å². The molecule has 3 rings (SSSR count). The van der Waals surface area contributed by atoms with Gasteiger partial charge in [-0.1, -0.05) is 24.3 Å². The van der Waals surface area contributed by atoms with Crippen molar-refractivity contribution in [3.63, 3.8) is 0 Å². The molecule has 1 aromatic carbocycles. The molecule has 0 saturated heterocycles. The largest absolute Gasteiger partial charge is 0.294 e. The molecule has 2 heterocycles. The molecule has 3 nitrogen and oxygen atoms in total. The zero-order valence-electron chi connectivity index (χ0n) is 12.3. The summed E-state index contributed by atoms with van der Waals surface area (Å²) < 4.78 is 1.93. The first-order chi connectivity index (χ1) is 10.2. The van der Waals surface area contributed by atoms with Crippen molar-refractivity contribution in [3.05, 3.63) is 70.7 Å². The Kier molecular flexibility index (Phi) is 4.18. The van der Waals surface area contributed by atoms with E-state index >= 15 is 0 Å². The first-order valence-electron chi connectivity index (χ1n) is 7.06. The molecule has 1 unspecified atom stereocenters. The summed E-state index contributed by atoms with van der Waals surface area (Å²) in [7, 11) is 2.16. The normalized spacial score (nSPS) is 12.7. The molecule has 0 spiro atoms. The van der Waals surface area contributed by atoms with Gasteiger partial charge in [-0.25, -0.2) is 4.68 Å². The van der Waals surface area contributed by atoms with E-state index in [0.717, 1.165) is 12.2 Å². The zero-order chi connectivity index (χ0) is 14.7. The van der Waals surface area contributed by atoms with E-state index in [1.165, 1.54) is 10.4 Å². The van der Waals surface area contributed by atoms with E-state index in [9.17, 15) is 0 Å². The van der Waals surface area contributed by atoms with Gasteiger partial charge >= 0.3 is 0 Å². The van der Waals surface area contributed by atoms with E-state index in [2.05, 4.69) is 59.8 Å². The van der Waals surface area contributed by atoms with Crippen LogP contribution in [0.3, 0.4) is 0 Å². The standard InChI is InChI=1S/C17H19N3S/c1-14(17-9-6-10-21-17)19(2)12-15-11-18-20(13-15)16-7-4-3-5-8-16/h3-11,13-14H,12H2,1-2H3. The molecule has 0 aliphatic rings. The summed E-state index contributed by atoms with van der Waals surface area (Å²) in [6, 6.07) is 14.9. The fourth-order valence-electron chi connectivity index (χ4n) is 2.33. The van der Waals surface area contributed by atoms with E-state index < -0.39 is 0 Å². The number of aromatic nitrogens is 2. The van der Waals surface area contributed by atoms with Crippen LogP contribution in [0.2, 0.25) is 0 Å². The van der Waals surface area contributed by atoms with E-state index in [0.29, 0.717) is 6.04 Å². The van der Waals surface area contributed by atoms with Gasteiger partial charge in [0.05, 0.1) is 11.9 Å². The smallest absolute Gasteiger partial charge is 0.0645 e. The molecule has 2 aromatic heterocycles. The molecular formula is C17H19N3S. The Labute approximate surface area is 129 Å². The summed E-state index contributed by atoms with van der Waals surface area (Å²) in [6.45, 7) is 3.14. The molecule has 4 heteroatoms. The molecule has 21 heavy (non-hydrogen) atoms. The lowest BCUT2D eigenvalue weighted by Gasteiger charge is -2.23. The molecule has 0 bridgehead atoms. The zero-order valence-corrected chi connectivity index (χ0v) is 13.1. The minimum absolute atomic E-state index is 0.421. The summed E-state index contributed by atoms with van der Waals surface area (Å²) in [5.74, 6) is 0. The van der Waals surface area contributed by atoms with Gasteiger partial charge in [0.25, 0.3) is 0 Å². The summed E-state index contributed by atoms with van der Waals surface area (Å²) >= 11 is 1.81.